The fourth-order valence-electron chi connectivity index (χ4n) is 3.74. The minimum Gasteiger partial charge on any atom is -0.464 e. The Morgan fingerprint density at radius 3 is 2.52 bits per heavy atom. The second kappa shape index (κ2) is 6.70. The summed E-state index contributed by atoms with van der Waals surface area (Å²) in [5, 5.41) is 7.75. The monoisotopic (exact) mass is 438 g/mol. The van der Waals surface area contributed by atoms with Gasteiger partial charge in [-0.05, 0) is 24.3 Å². The van der Waals surface area contributed by atoms with Crippen molar-refractivity contribution in [3.8, 4) is 5.75 Å². The molecule has 0 amide bonds. The van der Waals surface area contributed by atoms with Crippen LogP contribution in [0.5, 0.6) is 5.75 Å². The number of fused-ring (bicyclic) bond motifs is 3. The van der Waals surface area contributed by atoms with Crippen molar-refractivity contribution < 1.29 is 4.74 Å². The number of hydrogen-bond acceptors (Lipinski definition) is 3. The Bertz CT molecular complexity index is 1030. The Labute approximate surface area is 171 Å². The summed E-state index contributed by atoms with van der Waals surface area (Å²) in [6, 6.07) is 24.4. The molecule has 134 valence electrons. The van der Waals surface area contributed by atoms with E-state index in [-0.39, 0.29) is 12.3 Å². The fraction of sp³-hybridized carbons (Fsp3) is 0.136. The Hall–Kier alpha value is -2.30. The molecule has 0 spiro atoms. The molecular weight excluding hydrogens is 424 g/mol. The van der Waals surface area contributed by atoms with Crippen LogP contribution < -0.4 is 4.74 Å². The van der Waals surface area contributed by atoms with Gasteiger partial charge in [-0.15, -0.1) is 0 Å². The van der Waals surface area contributed by atoms with Gasteiger partial charge in [0, 0.05) is 32.6 Å². The van der Waals surface area contributed by atoms with E-state index in [0.717, 1.165) is 44.1 Å². The van der Waals surface area contributed by atoms with Crippen LogP contribution in [0, 0.1) is 0 Å². The standard InChI is InChI=1S/C22H16BrClN2O/c23-15-11-9-14(10-12-15)22-26-20(17-6-2-4-8-21(17)27-22)13-19(25-26)16-5-1-3-7-18(16)24/h1-12,20,22H,13H2/t20-,22-/m1/s1. The predicted molar refractivity (Wildman–Crippen MR) is 111 cm³/mol. The molecule has 0 aliphatic carbocycles. The first-order chi connectivity index (χ1) is 13.2. The summed E-state index contributed by atoms with van der Waals surface area (Å²) >= 11 is 9.94. The molecule has 3 aromatic carbocycles. The highest BCUT2D eigenvalue weighted by molar-refractivity contribution is 9.10. The lowest BCUT2D eigenvalue weighted by Gasteiger charge is -2.38. The Balaban J connectivity index is 1.61. The average Bonchev–Trinajstić information content (AvgIpc) is 3.14. The first-order valence-corrected chi connectivity index (χ1v) is 9.99. The maximum absolute atomic E-state index is 6.44. The van der Waals surface area contributed by atoms with E-state index in [9.17, 15) is 0 Å². The smallest absolute Gasteiger partial charge is 0.213 e. The van der Waals surface area contributed by atoms with E-state index in [4.69, 9.17) is 21.4 Å². The zero-order valence-electron chi connectivity index (χ0n) is 14.3. The number of para-hydroxylation sites is 1. The van der Waals surface area contributed by atoms with Crippen LogP contribution in [-0.2, 0) is 0 Å². The molecule has 0 N–H and O–H groups in total. The molecule has 3 aromatic rings. The molecule has 0 saturated heterocycles. The molecule has 27 heavy (non-hydrogen) atoms. The molecular formula is C22H16BrClN2O. The fourth-order valence-corrected chi connectivity index (χ4v) is 4.25. The number of rotatable bonds is 2. The van der Waals surface area contributed by atoms with Crippen molar-refractivity contribution >= 4 is 33.2 Å². The zero-order valence-corrected chi connectivity index (χ0v) is 16.7. The number of nitrogens with zero attached hydrogens (tertiary/aromatic N) is 2. The molecule has 5 rings (SSSR count). The third kappa shape index (κ3) is 2.93. The van der Waals surface area contributed by atoms with Crippen LogP contribution in [0.2, 0.25) is 5.02 Å². The van der Waals surface area contributed by atoms with Gasteiger partial charge in [-0.1, -0.05) is 76.1 Å². The van der Waals surface area contributed by atoms with Gasteiger partial charge in [-0.2, -0.15) is 5.10 Å². The molecule has 2 heterocycles. The molecule has 2 aliphatic rings. The van der Waals surface area contributed by atoms with Crippen molar-refractivity contribution in [1.82, 2.24) is 5.01 Å². The van der Waals surface area contributed by atoms with Crippen LogP contribution in [-0.4, -0.2) is 10.7 Å². The number of halogens is 2. The number of benzene rings is 3. The van der Waals surface area contributed by atoms with Gasteiger partial charge in [-0.25, -0.2) is 5.01 Å². The van der Waals surface area contributed by atoms with E-state index in [1.54, 1.807) is 0 Å². The Kier molecular flexibility index (Phi) is 4.18. The van der Waals surface area contributed by atoms with E-state index >= 15 is 0 Å². The summed E-state index contributed by atoms with van der Waals surface area (Å²) in [5.74, 6) is 0.919. The molecule has 0 aromatic heterocycles. The zero-order chi connectivity index (χ0) is 18.4. The van der Waals surface area contributed by atoms with Gasteiger partial charge in [0.25, 0.3) is 0 Å². The predicted octanol–water partition coefficient (Wildman–Crippen LogP) is 6.34. The van der Waals surface area contributed by atoms with E-state index in [0.29, 0.717) is 0 Å². The molecule has 0 bridgehead atoms. The lowest BCUT2D eigenvalue weighted by Crippen LogP contribution is -2.33. The van der Waals surface area contributed by atoms with Crippen molar-refractivity contribution in [2.24, 2.45) is 5.10 Å². The van der Waals surface area contributed by atoms with Crippen LogP contribution in [0.25, 0.3) is 0 Å². The summed E-state index contributed by atoms with van der Waals surface area (Å²) in [4.78, 5) is 0. The van der Waals surface area contributed by atoms with E-state index in [1.165, 1.54) is 0 Å². The van der Waals surface area contributed by atoms with Gasteiger partial charge in [0.1, 0.15) is 5.75 Å². The van der Waals surface area contributed by atoms with Crippen molar-refractivity contribution in [3.63, 3.8) is 0 Å². The quantitative estimate of drug-likeness (QED) is 0.465. The number of ether oxygens (including phenoxy) is 1. The van der Waals surface area contributed by atoms with Gasteiger partial charge in [0.2, 0.25) is 6.23 Å². The van der Waals surface area contributed by atoms with Crippen LogP contribution in [0.3, 0.4) is 0 Å². The Morgan fingerprint density at radius 2 is 1.70 bits per heavy atom. The number of hydrogen-bond donors (Lipinski definition) is 0. The van der Waals surface area contributed by atoms with Gasteiger partial charge < -0.3 is 4.74 Å². The SMILES string of the molecule is Clc1ccccc1C1=NN2[C@H](C1)c1ccccc1O[C@@H]2c1ccc(Br)cc1. The topological polar surface area (TPSA) is 24.8 Å². The molecule has 2 aliphatic heterocycles. The maximum Gasteiger partial charge on any atom is 0.213 e. The van der Waals surface area contributed by atoms with E-state index in [2.05, 4.69) is 39.1 Å². The summed E-state index contributed by atoms with van der Waals surface area (Å²) < 4.78 is 7.40. The third-order valence-electron chi connectivity index (χ3n) is 5.04. The minimum atomic E-state index is -0.266. The van der Waals surface area contributed by atoms with Gasteiger partial charge >= 0.3 is 0 Å². The Morgan fingerprint density at radius 1 is 0.963 bits per heavy atom. The number of hydrazone groups is 1. The van der Waals surface area contributed by atoms with Crippen molar-refractivity contribution in [2.75, 3.05) is 0 Å². The molecule has 3 nitrogen and oxygen atoms in total. The van der Waals surface area contributed by atoms with Crippen LogP contribution >= 0.6 is 27.5 Å². The summed E-state index contributed by atoms with van der Waals surface area (Å²) in [7, 11) is 0. The summed E-state index contributed by atoms with van der Waals surface area (Å²) in [6.07, 6.45) is 0.537. The molecule has 0 fully saturated rings. The highest BCUT2D eigenvalue weighted by atomic mass is 79.9. The molecule has 0 saturated carbocycles. The van der Waals surface area contributed by atoms with Crippen molar-refractivity contribution in [1.29, 1.82) is 0 Å². The maximum atomic E-state index is 6.44. The highest BCUT2D eigenvalue weighted by Gasteiger charge is 2.41. The largest absolute Gasteiger partial charge is 0.464 e. The minimum absolute atomic E-state index is 0.134. The summed E-state index contributed by atoms with van der Waals surface area (Å²) in [5.41, 5.74) is 4.21. The first-order valence-electron chi connectivity index (χ1n) is 8.82. The van der Waals surface area contributed by atoms with Crippen molar-refractivity contribution in [3.05, 3.63) is 99.0 Å². The van der Waals surface area contributed by atoms with Crippen LogP contribution in [0.1, 0.15) is 35.4 Å². The van der Waals surface area contributed by atoms with Gasteiger partial charge in [-0.3, -0.25) is 0 Å². The highest BCUT2D eigenvalue weighted by Crippen LogP contribution is 2.47. The second-order valence-electron chi connectivity index (χ2n) is 6.69. The first kappa shape index (κ1) is 16.8. The van der Waals surface area contributed by atoms with Crippen molar-refractivity contribution in [2.45, 2.75) is 18.7 Å². The molecule has 0 radical (unpaired) electrons. The van der Waals surface area contributed by atoms with E-state index in [1.807, 2.05) is 54.6 Å². The lowest BCUT2D eigenvalue weighted by atomic mass is 9.96. The summed E-state index contributed by atoms with van der Waals surface area (Å²) in [6.45, 7) is 0. The molecule has 5 heteroatoms. The van der Waals surface area contributed by atoms with Gasteiger partial charge in [0.15, 0.2) is 0 Å². The molecule has 2 atom stereocenters. The average molecular weight is 440 g/mol. The van der Waals surface area contributed by atoms with Crippen LogP contribution in [0.15, 0.2) is 82.4 Å². The van der Waals surface area contributed by atoms with E-state index < -0.39 is 0 Å². The lowest BCUT2D eigenvalue weighted by molar-refractivity contribution is -0.0190. The third-order valence-corrected chi connectivity index (χ3v) is 5.90. The second-order valence-corrected chi connectivity index (χ2v) is 8.01. The molecule has 0 unspecified atom stereocenters. The normalized spacial score (nSPS) is 20.5. The van der Waals surface area contributed by atoms with Crippen LogP contribution in [0.4, 0.5) is 0 Å². The van der Waals surface area contributed by atoms with Gasteiger partial charge in [0.05, 0.1) is 11.8 Å².